The van der Waals surface area contributed by atoms with Crippen molar-refractivity contribution in [3.05, 3.63) is 35.1 Å². The van der Waals surface area contributed by atoms with Gasteiger partial charge in [-0.2, -0.15) is 0 Å². The van der Waals surface area contributed by atoms with Crippen LogP contribution in [0.5, 0.6) is 0 Å². The number of thiazole rings is 1. The molecule has 0 aliphatic heterocycles. The van der Waals surface area contributed by atoms with Crippen molar-refractivity contribution in [2.75, 3.05) is 5.32 Å². The van der Waals surface area contributed by atoms with Gasteiger partial charge in [-0.15, -0.1) is 0 Å². The van der Waals surface area contributed by atoms with Crippen LogP contribution < -0.4 is 5.32 Å². The second-order valence-corrected chi connectivity index (χ2v) is 6.81. The van der Waals surface area contributed by atoms with E-state index in [1.165, 1.54) is 12.8 Å². The highest BCUT2D eigenvalue weighted by Crippen LogP contribution is 2.42. The standard InChI is InChI=1S/C15H16N6S/c1-8-5-6-16-13(19-8)11(10-3-4-10)21-14-12-15(18-7-17-14)22-9(2)20-12/h5-7,10-11H,3-4H2,1-2H3,(H,17,18,21). The Balaban J connectivity index is 1.72. The molecule has 3 aromatic heterocycles. The number of aromatic nitrogens is 5. The first-order chi connectivity index (χ1) is 10.7. The molecule has 7 heteroatoms. The molecule has 1 atom stereocenters. The van der Waals surface area contributed by atoms with Gasteiger partial charge in [-0.25, -0.2) is 24.9 Å². The van der Waals surface area contributed by atoms with Crippen LogP contribution in [0.25, 0.3) is 10.3 Å². The van der Waals surface area contributed by atoms with Gasteiger partial charge in [0, 0.05) is 11.9 Å². The molecule has 3 aromatic rings. The molecule has 0 spiro atoms. The molecule has 0 bridgehead atoms. The van der Waals surface area contributed by atoms with E-state index in [0.29, 0.717) is 5.92 Å². The van der Waals surface area contributed by atoms with Gasteiger partial charge in [0.05, 0.1) is 11.0 Å². The van der Waals surface area contributed by atoms with Crippen LogP contribution in [0.4, 0.5) is 5.82 Å². The average Bonchev–Trinajstić information content (AvgIpc) is 3.25. The number of nitrogens with zero attached hydrogens (tertiary/aromatic N) is 5. The summed E-state index contributed by atoms with van der Waals surface area (Å²) in [5, 5.41) is 4.50. The monoisotopic (exact) mass is 312 g/mol. The van der Waals surface area contributed by atoms with Crippen molar-refractivity contribution >= 4 is 27.5 Å². The normalized spacial score (nSPS) is 15.9. The summed E-state index contributed by atoms with van der Waals surface area (Å²) in [5.74, 6) is 2.17. The van der Waals surface area contributed by atoms with Crippen LogP contribution in [0, 0.1) is 19.8 Å². The highest BCUT2D eigenvalue weighted by atomic mass is 32.1. The van der Waals surface area contributed by atoms with Crippen LogP contribution in [-0.4, -0.2) is 24.9 Å². The van der Waals surface area contributed by atoms with E-state index >= 15 is 0 Å². The molecule has 1 aliphatic carbocycles. The molecule has 0 aromatic carbocycles. The molecule has 0 radical (unpaired) electrons. The SMILES string of the molecule is Cc1ccnc(C(Nc2ncnc3sc(C)nc23)C2CC2)n1. The average molecular weight is 312 g/mol. The number of nitrogens with one attached hydrogen (secondary N) is 1. The summed E-state index contributed by atoms with van der Waals surface area (Å²) in [4.78, 5) is 23.2. The quantitative estimate of drug-likeness (QED) is 0.798. The summed E-state index contributed by atoms with van der Waals surface area (Å²) >= 11 is 1.58. The van der Waals surface area contributed by atoms with Crippen molar-refractivity contribution in [2.24, 2.45) is 5.92 Å². The molecule has 112 valence electrons. The fourth-order valence-electron chi connectivity index (χ4n) is 2.55. The topological polar surface area (TPSA) is 76.5 Å². The smallest absolute Gasteiger partial charge is 0.157 e. The van der Waals surface area contributed by atoms with Gasteiger partial charge in [-0.3, -0.25) is 0 Å². The number of hydrogen-bond acceptors (Lipinski definition) is 7. The first-order valence-corrected chi connectivity index (χ1v) is 8.16. The summed E-state index contributed by atoms with van der Waals surface area (Å²) < 4.78 is 0. The molecule has 1 N–H and O–H groups in total. The fourth-order valence-corrected chi connectivity index (χ4v) is 3.31. The lowest BCUT2D eigenvalue weighted by atomic mass is 10.1. The lowest BCUT2D eigenvalue weighted by Crippen LogP contribution is -2.17. The number of hydrogen-bond donors (Lipinski definition) is 1. The number of anilines is 1. The minimum Gasteiger partial charge on any atom is -0.358 e. The zero-order valence-electron chi connectivity index (χ0n) is 12.4. The molecule has 3 heterocycles. The Morgan fingerprint density at radius 2 is 2.05 bits per heavy atom. The Kier molecular flexibility index (Phi) is 3.22. The molecular formula is C15H16N6S. The van der Waals surface area contributed by atoms with E-state index in [1.54, 1.807) is 17.7 Å². The maximum absolute atomic E-state index is 4.58. The van der Waals surface area contributed by atoms with E-state index in [4.69, 9.17) is 0 Å². The summed E-state index contributed by atoms with van der Waals surface area (Å²) in [6.07, 6.45) is 5.79. The Hall–Kier alpha value is -2.15. The van der Waals surface area contributed by atoms with Gasteiger partial charge in [0.1, 0.15) is 16.7 Å². The molecule has 0 amide bonds. The van der Waals surface area contributed by atoms with E-state index < -0.39 is 0 Å². The van der Waals surface area contributed by atoms with Crippen LogP contribution in [0.2, 0.25) is 0 Å². The van der Waals surface area contributed by atoms with Gasteiger partial charge < -0.3 is 5.32 Å². The minimum absolute atomic E-state index is 0.0833. The molecule has 22 heavy (non-hydrogen) atoms. The summed E-state index contributed by atoms with van der Waals surface area (Å²) in [5.41, 5.74) is 1.82. The molecule has 1 aliphatic rings. The van der Waals surface area contributed by atoms with Crippen LogP contribution >= 0.6 is 11.3 Å². The number of fused-ring (bicyclic) bond motifs is 1. The van der Waals surface area contributed by atoms with Crippen LogP contribution in [-0.2, 0) is 0 Å². The summed E-state index contributed by atoms with van der Waals surface area (Å²) in [6.45, 7) is 3.97. The predicted molar refractivity (Wildman–Crippen MR) is 85.8 cm³/mol. The lowest BCUT2D eigenvalue weighted by Gasteiger charge is -2.17. The van der Waals surface area contributed by atoms with Crippen LogP contribution in [0.15, 0.2) is 18.6 Å². The Bertz CT molecular complexity index is 826. The van der Waals surface area contributed by atoms with Gasteiger partial charge in [-0.1, -0.05) is 11.3 Å². The zero-order chi connectivity index (χ0) is 15.1. The fraction of sp³-hybridized carbons (Fsp3) is 0.400. The molecule has 1 saturated carbocycles. The maximum Gasteiger partial charge on any atom is 0.157 e. The first-order valence-electron chi connectivity index (χ1n) is 7.35. The van der Waals surface area contributed by atoms with E-state index in [1.807, 2.05) is 26.1 Å². The highest BCUT2D eigenvalue weighted by molar-refractivity contribution is 7.18. The van der Waals surface area contributed by atoms with Crippen molar-refractivity contribution in [3.63, 3.8) is 0 Å². The zero-order valence-corrected chi connectivity index (χ0v) is 13.3. The van der Waals surface area contributed by atoms with E-state index in [2.05, 4.69) is 30.2 Å². The van der Waals surface area contributed by atoms with Gasteiger partial charge in [0.2, 0.25) is 0 Å². The Labute approximate surface area is 132 Å². The van der Waals surface area contributed by atoms with Gasteiger partial charge in [0.25, 0.3) is 0 Å². The predicted octanol–water partition coefficient (Wildman–Crippen LogP) is 3.06. The van der Waals surface area contributed by atoms with Crippen LogP contribution in [0.3, 0.4) is 0 Å². The van der Waals surface area contributed by atoms with E-state index in [9.17, 15) is 0 Å². The second-order valence-electron chi connectivity index (χ2n) is 5.62. The van der Waals surface area contributed by atoms with Crippen molar-refractivity contribution in [1.82, 2.24) is 24.9 Å². The largest absolute Gasteiger partial charge is 0.358 e. The molecule has 4 rings (SSSR count). The Morgan fingerprint density at radius 3 is 2.82 bits per heavy atom. The van der Waals surface area contributed by atoms with Gasteiger partial charge in [-0.05, 0) is 38.7 Å². The molecule has 6 nitrogen and oxygen atoms in total. The molecule has 1 unspecified atom stereocenters. The van der Waals surface area contributed by atoms with Crippen molar-refractivity contribution in [1.29, 1.82) is 0 Å². The van der Waals surface area contributed by atoms with Crippen molar-refractivity contribution in [3.8, 4) is 0 Å². The van der Waals surface area contributed by atoms with Crippen molar-refractivity contribution < 1.29 is 0 Å². The molecule has 1 fully saturated rings. The van der Waals surface area contributed by atoms with Gasteiger partial charge in [0.15, 0.2) is 11.6 Å². The van der Waals surface area contributed by atoms with Gasteiger partial charge >= 0.3 is 0 Å². The van der Waals surface area contributed by atoms with E-state index in [-0.39, 0.29) is 6.04 Å². The van der Waals surface area contributed by atoms with E-state index in [0.717, 1.165) is 32.7 Å². The minimum atomic E-state index is 0.0833. The summed E-state index contributed by atoms with van der Waals surface area (Å²) in [7, 11) is 0. The second kappa shape index (κ2) is 5.24. The number of rotatable bonds is 4. The highest BCUT2D eigenvalue weighted by Gasteiger charge is 2.35. The third-order valence-electron chi connectivity index (χ3n) is 3.78. The summed E-state index contributed by atoms with van der Waals surface area (Å²) in [6, 6.07) is 2.00. The lowest BCUT2D eigenvalue weighted by molar-refractivity contribution is 0.629. The maximum atomic E-state index is 4.58. The molecular weight excluding hydrogens is 296 g/mol. The first kappa shape index (κ1) is 13.5. The molecule has 0 saturated heterocycles. The third kappa shape index (κ3) is 2.52. The van der Waals surface area contributed by atoms with Crippen molar-refractivity contribution in [2.45, 2.75) is 32.7 Å². The Morgan fingerprint density at radius 1 is 1.18 bits per heavy atom. The third-order valence-corrected chi connectivity index (χ3v) is 4.66. The van der Waals surface area contributed by atoms with Crippen LogP contribution in [0.1, 0.15) is 35.4 Å². The number of aryl methyl sites for hydroxylation is 2.